The minimum Gasteiger partial charge on any atom is -0.382 e. The average Bonchev–Trinajstić information content (AvgIpc) is 3.06. The van der Waals surface area contributed by atoms with Gasteiger partial charge < -0.3 is 75.0 Å². The predicted molar refractivity (Wildman–Crippen MR) is 192 cm³/mol. The van der Waals surface area contributed by atoms with Crippen LogP contribution in [0.4, 0.5) is 0 Å². The Morgan fingerprint density at radius 2 is 0.585 bits per heavy atom. The van der Waals surface area contributed by atoms with E-state index in [1.165, 1.54) is 0 Å². The monoisotopic (exact) mass is 897 g/mol. The quantitative estimate of drug-likeness (QED) is 0.0734. The number of carbonyl (C=O) groups is 4. The summed E-state index contributed by atoms with van der Waals surface area (Å²) in [6.07, 6.45) is 0.914. The summed E-state index contributed by atoms with van der Waals surface area (Å²) in [5.74, 6) is -1.53. The largest absolute Gasteiger partial charge is 3.00 e. The maximum absolute atomic E-state index is 12.5. The molecular formula is C30H60LaN7O15. The Morgan fingerprint density at radius 1 is 0.434 bits per heavy atom. The van der Waals surface area contributed by atoms with Gasteiger partial charge in [-0.3, -0.25) is 19.2 Å². The fourth-order valence-electron chi connectivity index (χ4n) is 4.42. The molecule has 0 aromatic heterocycles. The third-order valence-corrected chi connectivity index (χ3v) is 7.00. The number of amides is 4. The van der Waals surface area contributed by atoms with Crippen molar-refractivity contribution in [3.8, 4) is 0 Å². The van der Waals surface area contributed by atoms with Crippen LogP contribution in [0.25, 0.3) is 0 Å². The van der Waals surface area contributed by atoms with Crippen LogP contribution < -0.4 is 0 Å². The summed E-state index contributed by atoms with van der Waals surface area (Å²) in [5, 5.41) is 44.2. The van der Waals surface area contributed by atoms with Crippen LogP contribution in [0.15, 0.2) is 0 Å². The topological polar surface area (TPSA) is 298 Å². The van der Waals surface area contributed by atoms with Crippen molar-refractivity contribution in [2.24, 2.45) is 11.8 Å². The maximum atomic E-state index is 12.5. The molecule has 22 nitrogen and oxygen atoms in total. The van der Waals surface area contributed by atoms with Crippen molar-refractivity contribution in [1.29, 1.82) is 0 Å². The molecule has 0 rings (SSSR count). The standard InChI is InChI=1S/2C15H30N2O3.La.3NO3/c2*1-6-16(7-2)14(18)13(11-12-20-10-5)15(19)17(8-3)9-4;;3*2-1(3)4/h2*13H,6-12H2,1-5H3;;;;/q;;+3;3*-1. The summed E-state index contributed by atoms with van der Waals surface area (Å²) in [7, 11) is 0. The normalized spacial score (nSPS) is 9.43. The fourth-order valence-corrected chi connectivity index (χ4v) is 4.42. The Morgan fingerprint density at radius 3 is 0.698 bits per heavy atom. The molecule has 23 heteroatoms. The van der Waals surface area contributed by atoms with E-state index in [4.69, 9.17) is 55.4 Å². The zero-order chi connectivity index (χ0) is 41.8. The predicted octanol–water partition coefficient (Wildman–Crippen LogP) is 2.81. The van der Waals surface area contributed by atoms with Crippen molar-refractivity contribution in [3.63, 3.8) is 0 Å². The molecule has 0 aliphatic rings. The molecule has 4 amide bonds. The molecule has 53 heavy (non-hydrogen) atoms. The molecule has 308 valence electrons. The number of hydrogen-bond acceptors (Lipinski definition) is 15. The van der Waals surface area contributed by atoms with E-state index < -0.39 is 27.1 Å². The summed E-state index contributed by atoms with van der Waals surface area (Å²) in [6.45, 7) is 26.4. The maximum Gasteiger partial charge on any atom is 3.00 e. The molecule has 0 bridgehead atoms. The van der Waals surface area contributed by atoms with E-state index in [0.29, 0.717) is 91.6 Å². The van der Waals surface area contributed by atoms with Crippen molar-refractivity contribution in [1.82, 2.24) is 19.6 Å². The molecule has 0 spiro atoms. The van der Waals surface area contributed by atoms with E-state index in [1.807, 2.05) is 69.2 Å². The molecular weight excluding hydrogens is 837 g/mol. The van der Waals surface area contributed by atoms with E-state index in [1.54, 1.807) is 19.6 Å². The Balaban J connectivity index is -0.000000157. The molecule has 0 aromatic rings. The van der Waals surface area contributed by atoms with Gasteiger partial charge in [-0.05, 0) is 82.1 Å². The van der Waals surface area contributed by atoms with Gasteiger partial charge in [-0.25, -0.2) is 0 Å². The van der Waals surface area contributed by atoms with Crippen molar-refractivity contribution in [2.75, 3.05) is 78.8 Å². The van der Waals surface area contributed by atoms with E-state index >= 15 is 0 Å². The van der Waals surface area contributed by atoms with Crippen LogP contribution in [-0.4, -0.2) is 137 Å². The van der Waals surface area contributed by atoms with Gasteiger partial charge >= 0.3 is 35.6 Å². The number of nitrogens with zero attached hydrogens (tertiary/aromatic N) is 7. The van der Waals surface area contributed by atoms with Gasteiger partial charge in [-0.1, -0.05) is 0 Å². The van der Waals surface area contributed by atoms with Crippen LogP contribution in [0.5, 0.6) is 0 Å². The first-order chi connectivity index (χ1) is 24.3. The van der Waals surface area contributed by atoms with Crippen LogP contribution >= 0.6 is 0 Å². The molecule has 0 saturated carbocycles. The molecule has 0 aromatic carbocycles. The Labute approximate surface area is 340 Å². The van der Waals surface area contributed by atoms with Crippen LogP contribution in [0.3, 0.4) is 0 Å². The summed E-state index contributed by atoms with van der Waals surface area (Å²) >= 11 is 0. The second-order valence-electron chi connectivity index (χ2n) is 9.79. The van der Waals surface area contributed by atoms with Gasteiger partial charge in [0, 0.05) is 78.8 Å². The molecule has 0 atom stereocenters. The van der Waals surface area contributed by atoms with Crippen LogP contribution in [0.1, 0.15) is 82.1 Å². The Bertz CT molecular complexity index is 837. The molecule has 0 aliphatic heterocycles. The smallest absolute Gasteiger partial charge is 0.382 e. The molecule has 0 unspecified atom stereocenters. The molecule has 0 heterocycles. The molecule has 0 N–H and O–H groups in total. The number of hydrogen-bond donors (Lipinski definition) is 0. The summed E-state index contributed by atoms with van der Waals surface area (Å²) in [6, 6.07) is 0. The van der Waals surface area contributed by atoms with Crippen molar-refractivity contribution in [2.45, 2.75) is 82.1 Å². The summed E-state index contributed by atoms with van der Waals surface area (Å²) < 4.78 is 10.6. The van der Waals surface area contributed by atoms with Gasteiger partial charge in [-0.2, -0.15) is 0 Å². The Hall–Kier alpha value is -3.41. The number of ether oxygens (including phenoxy) is 2. The van der Waals surface area contributed by atoms with Gasteiger partial charge in [0.2, 0.25) is 23.6 Å². The van der Waals surface area contributed by atoms with Gasteiger partial charge in [0.1, 0.15) is 11.8 Å². The molecule has 0 radical (unpaired) electrons. The van der Waals surface area contributed by atoms with E-state index in [-0.39, 0.29) is 59.2 Å². The average molecular weight is 898 g/mol. The zero-order valence-corrected chi connectivity index (χ0v) is 36.5. The molecule has 0 saturated heterocycles. The second kappa shape index (κ2) is 41.4. The minimum absolute atomic E-state index is 0. The van der Waals surface area contributed by atoms with Gasteiger partial charge in [0.15, 0.2) is 0 Å². The zero-order valence-electron chi connectivity index (χ0n) is 32.9. The van der Waals surface area contributed by atoms with E-state index in [0.717, 1.165) is 0 Å². The van der Waals surface area contributed by atoms with Crippen LogP contribution in [0, 0.1) is 93.4 Å². The van der Waals surface area contributed by atoms with Crippen molar-refractivity contribution in [3.05, 3.63) is 46.0 Å². The van der Waals surface area contributed by atoms with E-state index in [2.05, 4.69) is 0 Å². The first-order valence-corrected chi connectivity index (χ1v) is 17.1. The number of rotatable bonds is 20. The third-order valence-electron chi connectivity index (χ3n) is 7.00. The van der Waals surface area contributed by atoms with Crippen molar-refractivity contribution < 1.29 is 79.5 Å². The van der Waals surface area contributed by atoms with Crippen LogP contribution in [-0.2, 0) is 28.7 Å². The SMILES string of the molecule is CCOCCC(C(=O)N(CC)CC)C(=O)N(CC)CC.CCOCCC(C(=O)N(CC)CC)C(=O)N(CC)CC.O=[N+]([O-])[O-].O=[N+]([O-])[O-].O=[N+]([O-])[O-].[La+3]. The van der Waals surface area contributed by atoms with Crippen molar-refractivity contribution >= 4 is 23.6 Å². The summed E-state index contributed by atoms with van der Waals surface area (Å²) in [4.78, 5) is 81.6. The Kier molecular flexibility index (Phi) is 48.1. The molecule has 0 fully saturated rings. The fraction of sp³-hybridized carbons (Fsp3) is 0.867. The minimum atomic E-state index is -1.75. The second-order valence-corrected chi connectivity index (χ2v) is 9.79. The first-order valence-electron chi connectivity index (χ1n) is 17.1. The van der Waals surface area contributed by atoms with E-state index in [9.17, 15) is 19.2 Å². The third kappa shape index (κ3) is 35.4. The number of carbonyl (C=O) groups excluding carboxylic acids is 4. The van der Waals surface area contributed by atoms with Gasteiger partial charge in [0.05, 0.1) is 15.3 Å². The summed E-state index contributed by atoms with van der Waals surface area (Å²) in [5.41, 5.74) is 0. The first kappa shape index (κ1) is 61.6. The van der Waals surface area contributed by atoms with Crippen LogP contribution in [0.2, 0.25) is 0 Å². The van der Waals surface area contributed by atoms with Gasteiger partial charge in [-0.15, -0.1) is 0 Å². The molecule has 0 aliphatic carbocycles. The van der Waals surface area contributed by atoms with Gasteiger partial charge in [0.25, 0.3) is 0 Å².